The predicted molar refractivity (Wildman–Crippen MR) is 59.2 cm³/mol. The van der Waals surface area contributed by atoms with E-state index in [1.807, 2.05) is 42.5 Å². The molecule has 0 unspecified atom stereocenters. The van der Waals surface area contributed by atoms with Gasteiger partial charge in [0.25, 0.3) is 0 Å². The monoisotopic (exact) mass is 342 g/mol. The lowest BCUT2D eigenvalue weighted by Crippen LogP contribution is -3.61. The van der Waals surface area contributed by atoms with E-state index in [0.29, 0.717) is 5.56 Å². The maximum atomic E-state index is 11.0. The smallest absolute Gasteiger partial charge is 0.358 e. The largest absolute Gasteiger partial charge is 0.870 e. The molecule has 0 bridgehead atoms. The van der Waals surface area contributed by atoms with Crippen molar-refractivity contribution in [1.29, 1.82) is 0 Å². The lowest BCUT2D eigenvalue weighted by Gasteiger charge is -1.93. The highest BCUT2D eigenvalue weighted by Gasteiger charge is 2.22. The molecule has 2 aromatic rings. The van der Waals surface area contributed by atoms with Gasteiger partial charge in [0.05, 0.1) is 0 Å². The highest BCUT2D eigenvalue weighted by molar-refractivity contribution is 5.87. The van der Waals surface area contributed by atoms with E-state index in [1.165, 1.54) is 3.57 Å². The van der Waals surface area contributed by atoms with Crippen LogP contribution >= 0.6 is 0 Å². The van der Waals surface area contributed by atoms with E-state index in [0.717, 1.165) is 3.57 Å². The fourth-order valence-corrected chi connectivity index (χ4v) is 3.85. The highest BCUT2D eigenvalue weighted by atomic mass is 127. The van der Waals surface area contributed by atoms with Crippen LogP contribution in [0.15, 0.2) is 54.6 Å². The molecule has 3 nitrogen and oxygen atoms in total. The van der Waals surface area contributed by atoms with Gasteiger partial charge in [0, 0.05) is 0 Å². The second kappa shape index (κ2) is 6.36. The van der Waals surface area contributed by atoms with Crippen LogP contribution in [0.1, 0.15) is 10.4 Å². The minimum absolute atomic E-state index is 0. The molecular formula is C13H11IO3. The Labute approximate surface area is 110 Å². The third-order valence-corrected chi connectivity index (χ3v) is 4.91. The molecule has 4 heteroatoms. The molecule has 0 spiro atoms. The first-order valence-electron chi connectivity index (χ1n) is 4.79. The summed E-state index contributed by atoms with van der Waals surface area (Å²) in [5.41, 5.74) is 0.430. The van der Waals surface area contributed by atoms with Crippen molar-refractivity contribution in [2.24, 2.45) is 0 Å². The van der Waals surface area contributed by atoms with Crippen molar-refractivity contribution in [3.63, 3.8) is 0 Å². The van der Waals surface area contributed by atoms with Gasteiger partial charge in [-0.05, 0) is 24.3 Å². The lowest BCUT2D eigenvalue weighted by molar-refractivity contribution is -0.597. The molecular weight excluding hydrogens is 331 g/mol. The van der Waals surface area contributed by atoms with Crippen molar-refractivity contribution >= 4 is 5.97 Å². The van der Waals surface area contributed by atoms with Gasteiger partial charge in [-0.3, -0.25) is 0 Å². The molecule has 2 N–H and O–H groups in total. The zero-order chi connectivity index (χ0) is 11.4. The Morgan fingerprint density at radius 2 is 1.53 bits per heavy atom. The molecule has 17 heavy (non-hydrogen) atoms. The third kappa shape index (κ3) is 3.54. The van der Waals surface area contributed by atoms with Crippen LogP contribution < -0.4 is 21.2 Å². The first kappa shape index (κ1) is 13.7. The van der Waals surface area contributed by atoms with E-state index < -0.39 is 27.2 Å². The molecule has 0 saturated carbocycles. The van der Waals surface area contributed by atoms with Crippen LogP contribution in [0.5, 0.6) is 0 Å². The summed E-state index contributed by atoms with van der Waals surface area (Å²) in [6.07, 6.45) is 0. The maximum absolute atomic E-state index is 11.0. The third-order valence-electron chi connectivity index (χ3n) is 2.05. The summed E-state index contributed by atoms with van der Waals surface area (Å²) in [5, 5.41) is 9.06. The molecule has 0 aromatic heterocycles. The number of halogens is 1. The molecule has 0 heterocycles. The van der Waals surface area contributed by atoms with Gasteiger partial charge in [-0.2, -0.15) is 0 Å². The predicted octanol–water partition coefficient (Wildman–Crippen LogP) is -0.664. The van der Waals surface area contributed by atoms with E-state index in [2.05, 4.69) is 0 Å². The molecule has 0 fully saturated rings. The summed E-state index contributed by atoms with van der Waals surface area (Å²) < 4.78 is 2.19. The van der Waals surface area contributed by atoms with E-state index >= 15 is 0 Å². The lowest BCUT2D eigenvalue weighted by atomic mass is 10.2. The van der Waals surface area contributed by atoms with Crippen molar-refractivity contribution in [2.45, 2.75) is 0 Å². The molecule has 0 aliphatic carbocycles. The molecule has 0 atom stereocenters. The van der Waals surface area contributed by atoms with Crippen LogP contribution in [0.2, 0.25) is 0 Å². The summed E-state index contributed by atoms with van der Waals surface area (Å²) in [4.78, 5) is 11.0. The van der Waals surface area contributed by atoms with Crippen molar-refractivity contribution in [3.8, 4) is 0 Å². The summed E-state index contributed by atoms with van der Waals surface area (Å²) in [7, 11) is 0. The Bertz CT molecular complexity index is 497. The first-order valence-corrected chi connectivity index (χ1v) is 6.95. The average molecular weight is 342 g/mol. The van der Waals surface area contributed by atoms with Gasteiger partial charge in [0.2, 0.25) is 3.57 Å². The fraction of sp³-hybridized carbons (Fsp3) is 0. The molecule has 0 amide bonds. The Morgan fingerprint density at radius 3 is 2.18 bits per heavy atom. The summed E-state index contributed by atoms with van der Waals surface area (Å²) in [6, 6.07) is 17.3. The molecule has 0 aliphatic rings. The van der Waals surface area contributed by atoms with Crippen molar-refractivity contribution < 1.29 is 36.6 Å². The second-order valence-corrected chi connectivity index (χ2v) is 6.12. The van der Waals surface area contributed by atoms with Gasteiger partial charge in [-0.1, -0.05) is 30.3 Å². The minimum Gasteiger partial charge on any atom is -0.870 e. The van der Waals surface area contributed by atoms with Crippen molar-refractivity contribution in [1.82, 2.24) is 0 Å². The normalized spacial score (nSPS) is 9.41. The van der Waals surface area contributed by atoms with Gasteiger partial charge in [0.1, 0.15) is 5.56 Å². The van der Waals surface area contributed by atoms with Gasteiger partial charge >= 0.3 is 27.2 Å². The number of carboxylic acid groups (broad SMARTS) is 1. The standard InChI is InChI=1S/C13H9IO2.H2O/c15-13(16)11-8-4-5-9-12(11)14-10-6-2-1-3-7-10;/h1-9H;1H2. The fourth-order valence-electron chi connectivity index (χ4n) is 1.31. The van der Waals surface area contributed by atoms with Crippen LogP contribution in [0, 0.1) is 7.14 Å². The second-order valence-electron chi connectivity index (χ2n) is 3.18. The first-order chi connectivity index (χ1) is 7.77. The quantitative estimate of drug-likeness (QED) is 0.753. The van der Waals surface area contributed by atoms with Gasteiger partial charge in [-0.25, -0.2) is 4.79 Å². The molecule has 2 rings (SSSR count). The Hall–Kier alpha value is -1.40. The molecule has 0 aliphatic heterocycles. The molecule has 0 radical (unpaired) electrons. The zero-order valence-corrected chi connectivity index (χ0v) is 11.0. The summed E-state index contributed by atoms with van der Waals surface area (Å²) in [6.45, 7) is 0. The van der Waals surface area contributed by atoms with Gasteiger partial charge in [-0.15, -0.1) is 0 Å². The van der Waals surface area contributed by atoms with Crippen LogP contribution in [-0.2, 0) is 0 Å². The van der Waals surface area contributed by atoms with Crippen LogP contribution in [0.3, 0.4) is 0 Å². The Balaban J connectivity index is 0.00000144. The van der Waals surface area contributed by atoms with E-state index in [1.54, 1.807) is 12.1 Å². The van der Waals surface area contributed by atoms with Crippen LogP contribution in [0.4, 0.5) is 0 Å². The summed E-state index contributed by atoms with van der Waals surface area (Å²) >= 11 is -0.407. The zero-order valence-electron chi connectivity index (χ0n) is 8.88. The number of carboxylic acids is 1. The number of carbonyl (C=O) groups is 1. The van der Waals surface area contributed by atoms with Crippen molar-refractivity contribution in [2.75, 3.05) is 0 Å². The van der Waals surface area contributed by atoms with Gasteiger partial charge < -0.3 is 10.6 Å². The number of hydrogen-bond acceptors (Lipinski definition) is 2. The minimum atomic E-state index is -0.841. The topological polar surface area (TPSA) is 67.3 Å². The molecule has 88 valence electrons. The number of rotatable bonds is 3. The van der Waals surface area contributed by atoms with Crippen LogP contribution in [-0.4, -0.2) is 16.6 Å². The maximum Gasteiger partial charge on any atom is 0.358 e. The highest BCUT2D eigenvalue weighted by Crippen LogP contribution is 1.97. The van der Waals surface area contributed by atoms with E-state index in [9.17, 15) is 4.79 Å². The van der Waals surface area contributed by atoms with E-state index in [-0.39, 0.29) is 5.48 Å². The van der Waals surface area contributed by atoms with E-state index in [4.69, 9.17) is 5.11 Å². The SMILES string of the molecule is O=C(O)c1ccccc1[I+]c1ccccc1.[OH-]. The molecule has 2 aromatic carbocycles. The van der Waals surface area contributed by atoms with Gasteiger partial charge in [0.15, 0.2) is 3.57 Å². The van der Waals surface area contributed by atoms with Crippen LogP contribution in [0.25, 0.3) is 0 Å². The number of benzene rings is 2. The number of aromatic carboxylic acids is 1. The van der Waals surface area contributed by atoms with Crippen molar-refractivity contribution in [3.05, 3.63) is 67.3 Å². The summed E-state index contributed by atoms with van der Waals surface area (Å²) in [5.74, 6) is -0.841. The Morgan fingerprint density at radius 1 is 0.941 bits per heavy atom. The molecule has 0 saturated heterocycles. The number of hydrogen-bond donors (Lipinski definition) is 1. The average Bonchev–Trinajstić information content (AvgIpc) is 2.31. The Kier molecular flexibility index (Phi) is 5.11.